The number of dihydropyridines is 1. The second-order valence-corrected chi connectivity index (χ2v) is 9.54. The molecule has 0 radical (unpaired) electrons. The number of rotatable bonds is 8. The lowest BCUT2D eigenvalue weighted by Crippen LogP contribution is -2.43. The Hall–Kier alpha value is -3.03. The summed E-state index contributed by atoms with van der Waals surface area (Å²) >= 11 is 0. The maximum atomic E-state index is 13.3. The van der Waals surface area contributed by atoms with Crippen LogP contribution in [0.25, 0.3) is 0 Å². The van der Waals surface area contributed by atoms with Gasteiger partial charge in [0.25, 0.3) is 5.91 Å². The monoisotopic (exact) mass is 492 g/mol. The van der Waals surface area contributed by atoms with Crippen LogP contribution in [0.2, 0.25) is 0 Å². The van der Waals surface area contributed by atoms with Gasteiger partial charge in [0.05, 0.1) is 0 Å². The minimum absolute atomic E-state index is 0.0620. The highest BCUT2D eigenvalue weighted by molar-refractivity contribution is 6.04. The fraction of sp³-hybridized carbons (Fsp3) is 0.483. The van der Waals surface area contributed by atoms with Crippen molar-refractivity contribution in [2.45, 2.75) is 52.0 Å². The fourth-order valence-corrected chi connectivity index (χ4v) is 4.91. The molecule has 1 fully saturated rings. The van der Waals surface area contributed by atoms with Crippen molar-refractivity contribution >= 4 is 17.3 Å². The molecule has 7 nitrogen and oxygen atoms in total. The van der Waals surface area contributed by atoms with Crippen molar-refractivity contribution in [2.24, 2.45) is 5.84 Å². The third-order valence-electron chi connectivity index (χ3n) is 6.90. The molecule has 0 unspecified atom stereocenters. The van der Waals surface area contributed by atoms with Crippen LogP contribution in [-0.4, -0.2) is 62.1 Å². The molecule has 0 spiro atoms. The van der Waals surface area contributed by atoms with E-state index in [0.717, 1.165) is 50.3 Å². The predicted molar refractivity (Wildman–Crippen MR) is 152 cm³/mol. The molecule has 36 heavy (non-hydrogen) atoms. The van der Waals surface area contributed by atoms with Crippen molar-refractivity contribution in [3.8, 4) is 0 Å². The predicted octanol–water partition coefficient (Wildman–Crippen LogP) is 4.18. The van der Waals surface area contributed by atoms with E-state index in [1.807, 2.05) is 44.3 Å². The van der Waals surface area contributed by atoms with Gasteiger partial charge < -0.3 is 25.4 Å². The van der Waals surface area contributed by atoms with E-state index in [4.69, 9.17) is 5.84 Å². The van der Waals surface area contributed by atoms with Gasteiger partial charge >= 0.3 is 0 Å². The summed E-state index contributed by atoms with van der Waals surface area (Å²) in [5.74, 6) is 5.63. The van der Waals surface area contributed by atoms with Crippen molar-refractivity contribution in [3.05, 3.63) is 71.6 Å². The number of nitrogens with two attached hydrogens (primary N) is 1. The van der Waals surface area contributed by atoms with E-state index in [2.05, 4.69) is 45.7 Å². The van der Waals surface area contributed by atoms with E-state index in [0.29, 0.717) is 12.5 Å². The maximum Gasteiger partial charge on any atom is 0.251 e. The van der Waals surface area contributed by atoms with Gasteiger partial charge in [-0.15, -0.1) is 0 Å². The number of allylic oxidation sites excluding steroid dienone is 4. The van der Waals surface area contributed by atoms with Crippen LogP contribution in [0.1, 0.15) is 45.1 Å². The average molecular weight is 493 g/mol. The van der Waals surface area contributed by atoms with Crippen LogP contribution in [0.5, 0.6) is 0 Å². The van der Waals surface area contributed by atoms with Crippen molar-refractivity contribution in [2.75, 3.05) is 50.5 Å². The second kappa shape index (κ2) is 13.9. The molecule has 0 atom stereocenters. The van der Waals surface area contributed by atoms with Gasteiger partial charge in [-0.1, -0.05) is 37.6 Å². The zero-order valence-corrected chi connectivity index (χ0v) is 22.5. The molecule has 1 aromatic carbocycles. The summed E-state index contributed by atoms with van der Waals surface area (Å²) in [4.78, 5) is 18.2. The Morgan fingerprint density at radius 2 is 2.03 bits per heavy atom. The number of nitrogens with one attached hydrogen (secondary N) is 2. The van der Waals surface area contributed by atoms with Crippen LogP contribution in [0.3, 0.4) is 0 Å². The number of likely N-dealkylation sites (tertiary alicyclic amines) is 1. The fourth-order valence-electron chi connectivity index (χ4n) is 4.91. The Kier molecular flexibility index (Phi) is 10.6. The lowest BCUT2D eigenvalue weighted by Gasteiger charge is -2.36. The minimum atomic E-state index is -0.0620. The Bertz CT molecular complexity index is 985. The van der Waals surface area contributed by atoms with Crippen LogP contribution in [0.15, 0.2) is 66.0 Å². The van der Waals surface area contributed by atoms with Crippen molar-refractivity contribution in [3.63, 3.8) is 0 Å². The molecule has 1 aromatic rings. The van der Waals surface area contributed by atoms with Gasteiger partial charge in [0.15, 0.2) is 0 Å². The summed E-state index contributed by atoms with van der Waals surface area (Å²) in [6.45, 7) is 8.19. The summed E-state index contributed by atoms with van der Waals surface area (Å²) in [6.07, 6.45) is 16.5. The van der Waals surface area contributed by atoms with E-state index in [9.17, 15) is 4.79 Å². The van der Waals surface area contributed by atoms with Crippen LogP contribution in [0.4, 0.5) is 11.4 Å². The Labute approximate surface area is 217 Å². The highest BCUT2D eigenvalue weighted by Crippen LogP contribution is 2.35. The van der Waals surface area contributed by atoms with E-state index in [1.54, 1.807) is 13.2 Å². The number of hydrazine groups is 1. The number of carbonyl (C=O) groups excluding carboxylic acids is 1. The highest BCUT2D eigenvalue weighted by atomic mass is 16.1. The SMILES string of the molecule is CC.CN(N)/C=C\C=C(/CCC1=CC=CNC1)C(=O)Nc1ccc2c(c1)N(C1CCN(C)CC1)CC2. The molecule has 4 N–H and O–H groups in total. The maximum absolute atomic E-state index is 13.3. The number of hydrogen-bond donors (Lipinski definition) is 3. The van der Waals surface area contributed by atoms with E-state index >= 15 is 0 Å². The molecule has 1 saturated heterocycles. The van der Waals surface area contributed by atoms with Crippen LogP contribution in [-0.2, 0) is 11.2 Å². The summed E-state index contributed by atoms with van der Waals surface area (Å²) in [5.41, 5.74) is 5.55. The molecular weight excluding hydrogens is 448 g/mol. The number of benzene rings is 1. The first kappa shape index (κ1) is 27.6. The Morgan fingerprint density at radius 3 is 2.72 bits per heavy atom. The zero-order chi connectivity index (χ0) is 25.9. The molecule has 4 rings (SSSR count). The highest BCUT2D eigenvalue weighted by Gasteiger charge is 2.28. The number of nitrogens with zero attached hydrogens (tertiary/aromatic N) is 3. The minimum Gasteiger partial charge on any atom is -0.387 e. The summed E-state index contributed by atoms with van der Waals surface area (Å²) < 4.78 is 0. The van der Waals surface area contributed by atoms with Crippen LogP contribution in [0, 0.1) is 0 Å². The molecule has 3 heterocycles. The van der Waals surface area contributed by atoms with E-state index in [-0.39, 0.29) is 5.91 Å². The van der Waals surface area contributed by atoms with E-state index in [1.165, 1.54) is 34.7 Å². The van der Waals surface area contributed by atoms with Crippen LogP contribution >= 0.6 is 0 Å². The van der Waals surface area contributed by atoms with Gasteiger partial charge in [-0.25, -0.2) is 5.84 Å². The molecule has 0 saturated carbocycles. The van der Waals surface area contributed by atoms with Gasteiger partial charge in [0.2, 0.25) is 0 Å². The molecule has 0 aliphatic carbocycles. The number of hydrogen-bond acceptors (Lipinski definition) is 6. The molecular formula is C29H44N6O. The van der Waals surface area contributed by atoms with Crippen molar-refractivity contribution < 1.29 is 4.79 Å². The van der Waals surface area contributed by atoms with Gasteiger partial charge in [0, 0.05) is 49.3 Å². The van der Waals surface area contributed by atoms with Gasteiger partial charge in [0.1, 0.15) is 0 Å². The summed E-state index contributed by atoms with van der Waals surface area (Å²) in [6, 6.07) is 6.97. The van der Waals surface area contributed by atoms with Gasteiger partial charge in [-0.3, -0.25) is 4.79 Å². The number of piperidine rings is 1. The van der Waals surface area contributed by atoms with Crippen molar-refractivity contribution in [1.29, 1.82) is 0 Å². The first-order chi connectivity index (χ1) is 17.5. The molecule has 1 amide bonds. The number of anilines is 2. The van der Waals surface area contributed by atoms with Gasteiger partial charge in [-0.05, 0) is 88.3 Å². The largest absolute Gasteiger partial charge is 0.387 e. The Morgan fingerprint density at radius 1 is 1.25 bits per heavy atom. The normalized spacial score (nSPS) is 18.3. The summed E-state index contributed by atoms with van der Waals surface area (Å²) in [5, 5.41) is 7.86. The van der Waals surface area contributed by atoms with Gasteiger partial charge in [-0.2, -0.15) is 0 Å². The average Bonchev–Trinajstić information content (AvgIpc) is 3.31. The summed E-state index contributed by atoms with van der Waals surface area (Å²) in [7, 11) is 3.96. The second-order valence-electron chi connectivity index (χ2n) is 9.54. The lowest BCUT2D eigenvalue weighted by atomic mass is 10.0. The first-order valence-corrected chi connectivity index (χ1v) is 13.3. The number of carbonyl (C=O) groups is 1. The molecule has 7 heteroatoms. The smallest absolute Gasteiger partial charge is 0.251 e. The standard InChI is InChI=1S/C27H38N6O.C2H6/c1-31-16-12-25(13-17-31)33-18-11-22-9-10-24(19-26(22)33)30-27(34)23(6-4-15-32(2)28)8-7-21-5-3-14-29-20-21;1-2/h3-6,9-10,14-15,19,25,29H,7-8,11-13,16-18,20,28H2,1-2H3,(H,30,34);1-2H3/b15-4-,23-6+;. The zero-order valence-electron chi connectivity index (χ0n) is 22.5. The molecule has 3 aliphatic rings. The topological polar surface area (TPSA) is 76.9 Å². The number of fused-ring (bicyclic) bond motifs is 1. The molecule has 196 valence electrons. The molecule has 0 aromatic heterocycles. The third-order valence-corrected chi connectivity index (χ3v) is 6.90. The third kappa shape index (κ3) is 7.73. The van der Waals surface area contributed by atoms with Crippen LogP contribution < -0.4 is 21.4 Å². The van der Waals surface area contributed by atoms with Crippen molar-refractivity contribution in [1.82, 2.24) is 15.2 Å². The lowest BCUT2D eigenvalue weighted by molar-refractivity contribution is -0.113. The quantitative estimate of drug-likeness (QED) is 0.219. The van der Waals surface area contributed by atoms with E-state index < -0.39 is 0 Å². The molecule has 0 bridgehead atoms. The Balaban J connectivity index is 0.00000176. The first-order valence-electron chi connectivity index (χ1n) is 13.3. The number of amides is 1. The molecule has 3 aliphatic heterocycles.